The summed E-state index contributed by atoms with van der Waals surface area (Å²) >= 11 is 0. The van der Waals surface area contributed by atoms with Crippen LogP contribution in [-0.2, 0) is 14.2 Å². The summed E-state index contributed by atoms with van der Waals surface area (Å²) in [6.07, 6.45) is 3.91. The highest BCUT2D eigenvalue weighted by atomic mass is 16.5. The van der Waals surface area contributed by atoms with Gasteiger partial charge in [0, 0.05) is 6.61 Å². The standard InChI is InChI=1S/C19H28O3/c1-5-16(3)18-7-9-19(10-8-18)17(4)15-22-14-13-21-12-11-20-6-2/h5,7-10,15H,6,11-14H2,1-4H3/b16-5+,17-15+. The van der Waals surface area contributed by atoms with Crippen molar-refractivity contribution in [3.05, 3.63) is 47.7 Å². The van der Waals surface area contributed by atoms with Crippen LogP contribution >= 0.6 is 0 Å². The molecule has 0 N–H and O–H groups in total. The van der Waals surface area contributed by atoms with Gasteiger partial charge in [-0.15, -0.1) is 0 Å². The Kier molecular flexibility index (Phi) is 9.28. The lowest BCUT2D eigenvalue weighted by Crippen LogP contribution is -2.07. The molecule has 0 atom stereocenters. The maximum atomic E-state index is 5.52. The molecule has 0 unspecified atom stereocenters. The van der Waals surface area contributed by atoms with Crippen LogP contribution in [0, 0.1) is 0 Å². The van der Waals surface area contributed by atoms with Crippen LogP contribution < -0.4 is 0 Å². The van der Waals surface area contributed by atoms with E-state index in [0.717, 1.165) is 12.2 Å². The molecule has 0 heterocycles. The summed E-state index contributed by atoms with van der Waals surface area (Å²) in [5, 5.41) is 0. The van der Waals surface area contributed by atoms with E-state index in [-0.39, 0.29) is 0 Å². The first kappa shape index (κ1) is 18.5. The summed E-state index contributed by atoms with van der Waals surface area (Å²) < 4.78 is 16.1. The fraction of sp³-hybridized carbons (Fsp3) is 0.474. The van der Waals surface area contributed by atoms with Crippen molar-refractivity contribution in [3.8, 4) is 0 Å². The highest BCUT2D eigenvalue weighted by Crippen LogP contribution is 2.18. The summed E-state index contributed by atoms with van der Waals surface area (Å²) in [5.41, 5.74) is 4.82. The van der Waals surface area contributed by atoms with Crippen molar-refractivity contribution in [2.45, 2.75) is 27.7 Å². The molecule has 0 spiro atoms. The molecule has 0 aliphatic carbocycles. The van der Waals surface area contributed by atoms with Crippen molar-refractivity contribution >= 4 is 11.1 Å². The van der Waals surface area contributed by atoms with Crippen LogP contribution in [0.2, 0.25) is 0 Å². The highest BCUT2D eigenvalue weighted by molar-refractivity contribution is 5.68. The van der Waals surface area contributed by atoms with Crippen molar-refractivity contribution in [1.29, 1.82) is 0 Å². The van der Waals surface area contributed by atoms with Crippen LogP contribution in [0.1, 0.15) is 38.8 Å². The SMILES string of the molecule is C/C=C(\C)c1ccc(/C(C)=C/OCCOCCOCC)cc1. The number of hydrogen-bond acceptors (Lipinski definition) is 3. The normalized spacial score (nSPS) is 12.5. The van der Waals surface area contributed by atoms with Gasteiger partial charge in [0.15, 0.2) is 0 Å². The number of rotatable bonds is 10. The second-order valence-electron chi connectivity index (χ2n) is 5.03. The number of ether oxygens (including phenoxy) is 3. The van der Waals surface area contributed by atoms with Crippen molar-refractivity contribution in [3.63, 3.8) is 0 Å². The third kappa shape index (κ3) is 6.92. The molecule has 3 heteroatoms. The summed E-state index contributed by atoms with van der Waals surface area (Å²) in [4.78, 5) is 0. The smallest absolute Gasteiger partial charge is 0.111 e. The van der Waals surface area contributed by atoms with Crippen LogP contribution in [0.15, 0.2) is 36.6 Å². The van der Waals surface area contributed by atoms with Crippen LogP contribution in [0.25, 0.3) is 11.1 Å². The minimum atomic E-state index is 0.555. The molecule has 1 aromatic rings. The Balaban J connectivity index is 2.33. The lowest BCUT2D eigenvalue weighted by molar-refractivity contribution is 0.0343. The fourth-order valence-corrected chi connectivity index (χ4v) is 1.89. The topological polar surface area (TPSA) is 27.7 Å². The Bertz CT molecular complexity index is 472. The minimum absolute atomic E-state index is 0.555. The van der Waals surface area contributed by atoms with E-state index in [1.54, 1.807) is 6.26 Å². The molecule has 0 aliphatic rings. The molecule has 1 rings (SSSR count). The van der Waals surface area contributed by atoms with Gasteiger partial charge in [0.1, 0.15) is 6.61 Å². The predicted octanol–water partition coefficient (Wildman–Crippen LogP) is 4.54. The summed E-state index contributed by atoms with van der Waals surface area (Å²) in [7, 11) is 0. The van der Waals surface area contributed by atoms with Crippen molar-refractivity contribution in [1.82, 2.24) is 0 Å². The zero-order chi connectivity index (χ0) is 16.2. The molecule has 0 aliphatic heterocycles. The maximum Gasteiger partial charge on any atom is 0.111 e. The van der Waals surface area contributed by atoms with E-state index in [9.17, 15) is 0 Å². The van der Waals surface area contributed by atoms with Gasteiger partial charge in [-0.25, -0.2) is 0 Å². The first-order valence-corrected chi connectivity index (χ1v) is 7.86. The average Bonchev–Trinajstić information content (AvgIpc) is 2.56. The zero-order valence-electron chi connectivity index (χ0n) is 14.2. The predicted molar refractivity (Wildman–Crippen MR) is 92.7 cm³/mol. The van der Waals surface area contributed by atoms with Gasteiger partial charge in [0.2, 0.25) is 0 Å². The molecule has 0 saturated heterocycles. The van der Waals surface area contributed by atoms with E-state index in [1.165, 1.54) is 16.7 Å². The molecule has 0 fully saturated rings. The van der Waals surface area contributed by atoms with Gasteiger partial charge in [0.25, 0.3) is 0 Å². The van der Waals surface area contributed by atoms with Gasteiger partial charge in [0.05, 0.1) is 26.1 Å². The molecule has 122 valence electrons. The first-order chi connectivity index (χ1) is 10.7. The zero-order valence-corrected chi connectivity index (χ0v) is 14.2. The Morgan fingerprint density at radius 2 is 1.41 bits per heavy atom. The second-order valence-corrected chi connectivity index (χ2v) is 5.03. The van der Waals surface area contributed by atoms with Gasteiger partial charge in [-0.05, 0) is 50.0 Å². The first-order valence-electron chi connectivity index (χ1n) is 7.86. The Hall–Kier alpha value is -1.58. The Morgan fingerprint density at radius 3 is 2.00 bits per heavy atom. The molecule has 0 bridgehead atoms. The van der Waals surface area contributed by atoms with E-state index in [4.69, 9.17) is 14.2 Å². The number of allylic oxidation sites excluding steroid dienone is 3. The molecule has 22 heavy (non-hydrogen) atoms. The van der Waals surface area contributed by atoms with Crippen LogP contribution in [0.3, 0.4) is 0 Å². The molecule has 0 aromatic heterocycles. The molecule has 0 radical (unpaired) electrons. The molecular formula is C19H28O3. The minimum Gasteiger partial charge on any atom is -0.498 e. The van der Waals surface area contributed by atoms with Crippen LogP contribution in [0.4, 0.5) is 0 Å². The largest absolute Gasteiger partial charge is 0.498 e. The number of benzene rings is 1. The summed E-state index contributed by atoms with van der Waals surface area (Å²) in [6, 6.07) is 8.52. The van der Waals surface area contributed by atoms with Crippen molar-refractivity contribution in [2.24, 2.45) is 0 Å². The molecule has 1 aromatic carbocycles. The van der Waals surface area contributed by atoms with E-state index >= 15 is 0 Å². The van der Waals surface area contributed by atoms with E-state index in [1.807, 2.05) is 13.8 Å². The summed E-state index contributed by atoms with van der Waals surface area (Å²) in [6.45, 7) is 11.3. The molecular weight excluding hydrogens is 276 g/mol. The van der Waals surface area contributed by atoms with Gasteiger partial charge >= 0.3 is 0 Å². The third-order valence-corrected chi connectivity index (χ3v) is 3.41. The van der Waals surface area contributed by atoms with Gasteiger partial charge in [-0.2, -0.15) is 0 Å². The quantitative estimate of drug-likeness (QED) is 0.469. The van der Waals surface area contributed by atoms with E-state index in [2.05, 4.69) is 44.2 Å². The Labute approximate surface area is 134 Å². The monoisotopic (exact) mass is 304 g/mol. The van der Waals surface area contributed by atoms with E-state index < -0.39 is 0 Å². The maximum absolute atomic E-state index is 5.52. The van der Waals surface area contributed by atoms with Crippen LogP contribution in [0.5, 0.6) is 0 Å². The lowest BCUT2D eigenvalue weighted by atomic mass is 10.0. The molecule has 0 saturated carbocycles. The molecule has 3 nitrogen and oxygen atoms in total. The van der Waals surface area contributed by atoms with Gasteiger partial charge in [-0.3, -0.25) is 0 Å². The van der Waals surface area contributed by atoms with Crippen molar-refractivity contribution in [2.75, 3.05) is 33.0 Å². The van der Waals surface area contributed by atoms with Crippen molar-refractivity contribution < 1.29 is 14.2 Å². The second kappa shape index (κ2) is 11.0. The molecule has 0 amide bonds. The fourth-order valence-electron chi connectivity index (χ4n) is 1.89. The van der Waals surface area contributed by atoms with Gasteiger partial charge in [-0.1, -0.05) is 30.3 Å². The third-order valence-electron chi connectivity index (χ3n) is 3.41. The van der Waals surface area contributed by atoms with Gasteiger partial charge < -0.3 is 14.2 Å². The van der Waals surface area contributed by atoms with Crippen LogP contribution in [-0.4, -0.2) is 33.0 Å². The van der Waals surface area contributed by atoms with E-state index in [0.29, 0.717) is 26.4 Å². The lowest BCUT2D eigenvalue weighted by Gasteiger charge is -2.07. The highest BCUT2D eigenvalue weighted by Gasteiger charge is 1.98. The summed E-state index contributed by atoms with van der Waals surface area (Å²) in [5.74, 6) is 0. The Morgan fingerprint density at radius 1 is 0.864 bits per heavy atom. The number of hydrogen-bond donors (Lipinski definition) is 0. The average molecular weight is 304 g/mol.